The van der Waals surface area contributed by atoms with Crippen molar-refractivity contribution < 1.29 is 9.53 Å². The van der Waals surface area contributed by atoms with E-state index in [2.05, 4.69) is 38.3 Å². The number of hydrogen-bond donors (Lipinski definition) is 2. The van der Waals surface area contributed by atoms with Gasteiger partial charge >= 0.3 is 0 Å². The van der Waals surface area contributed by atoms with E-state index in [1.807, 2.05) is 17.5 Å². The Morgan fingerprint density at radius 1 is 1.45 bits per heavy atom. The lowest BCUT2D eigenvalue weighted by atomic mass is 9.94. The molecule has 5 heteroatoms. The van der Waals surface area contributed by atoms with Crippen LogP contribution in [0.1, 0.15) is 39.0 Å². The normalized spacial score (nSPS) is 23.7. The lowest BCUT2D eigenvalue weighted by Crippen LogP contribution is -2.47. The molecule has 0 unspecified atom stereocenters. The highest BCUT2D eigenvalue weighted by molar-refractivity contribution is 7.09. The summed E-state index contributed by atoms with van der Waals surface area (Å²) in [5, 5.41) is 8.26. The second kappa shape index (κ2) is 5.84. The smallest absolute Gasteiger partial charge is 0.234 e. The van der Waals surface area contributed by atoms with Crippen molar-refractivity contribution in [2.24, 2.45) is 0 Å². The molecule has 0 radical (unpaired) electrons. The van der Waals surface area contributed by atoms with E-state index in [0.29, 0.717) is 13.1 Å². The van der Waals surface area contributed by atoms with Crippen LogP contribution in [0.2, 0.25) is 0 Å². The monoisotopic (exact) mass is 296 g/mol. The summed E-state index contributed by atoms with van der Waals surface area (Å²) in [6, 6.07) is 4.21. The maximum atomic E-state index is 11.9. The average molecular weight is 296 g/mol. The molecule has 0 bridgehead atoms. The van der Waals surface area contributed by atoms with Crippen LogP contribution in [0, 0.1) is 0 Å². The zero-order valence-electron chi connectivity index (χ0n) is 12.7. The first-order valence-corrected chi connectivity index (χ1v) is 7.89. The van der Waals surface area contributed by atoms with Crippen LogP contribution in [0.4, 0.5) is 0 Å². The molecule has 1 aromatic heterocycles. The fourth-order valence-corrected chi connectivity index (χ4v) is 3.40. The van der Waals surface area contributed by atoms with Gasteiger partial charge in [0.15, 0.2) is 0 Å². The molecular formula is C15H24N2O2S. The first kappa shape index (κ1) is 15.5. The minimum absolute atomic E-state index is 0.0268. The molecule has 2 rings (SSSR count). The lowest BCUT2D eigenvalue weighted by Gasteiger charge is -2.27. The van der Waals surface area contributed by atoms with Gasteiger partial charge in [-0.25, -0.2) is 0 Å². The van der Waals surface area contributed by atoms with Gasteiger partial charge in [-0.05, 0) is 45.6 Å². The maximum Gasteiger partial charge on any atom is 0.234 e. The van der Waals surface area contributed by atoms with Gasteiger partial charge in [-0.1, -0.05) is 6.07 Å². The average Bonchev–Trinajstić information content (AvgIpc) is 2.89. The van der Waals surface area contributed by atoms with Gasteiger partial charge in [0.1, 0.15) is 0 Å². The van der Waals surface area contributed by atoms with Gasteiger partial charge in [-0.3, -0.25) is 4.79 Å². The summed E-state index contributed by atoms with van der Waals surface area (Å²) in [5.41, 5.74) is -0.369. The molecule has 1 atom stereocenters. The number of ether oxygens (including phenoxy) is 1. The molecule has 112 valence electrons. The molecule has 0 aliphatic carbocycles. The van der Waals surface area contributed by atoms with Crippen LogP contribution in [0.25, 0.3) is 0 Å². The quantitative estimate of drug-likeness (QED) is 0.876. The Bertz CT molecular complexity index is 454. The van der Waals surface area contributed by atoms with Crippen molar-refractivity contribution in [2.75, 3.05) is 6.54 Å². The van der Waals surface area contributed by atoms with E-state index in [1.165, 1.54) is 4.88 Å². The molecule has 1 aliphatic heterocycles. The summed E-state index contributed by atoms with van der Waals surface area (Å²) in [6.07, 6.45) is 0.915. The number of amides is 1. The van der Waals surface area contributed by atoms with Crippen LogP contribution < -0.4 is 10.6 Å². The Morgan fingerprint density at radius 3 is 2.75 bits per heavy atom. The number of carbonyl (C=O) groups excluding carboxylic acids is 1. The Morgan fingerprint density at radius 2 is 2.20 bits per heavy atom. The fraction of sp³-hybridized carbons (Fsp3) is 0.667. The van der Waals surface area contributed by atoms with Crippen LogP contribution in [0.15, 0.2) is 17.5 Å². The Labute approximate surface area is 124 Å². The third kappa shape index (κ3) is 4.04. The predicted molar refractivity (Wildman–Crippen MR) is 81.8 cm³/mol. The Kier molecular flexibility index (Phi) is 4.52. The van der Waals surface area contributed by atoms with Crippen molar-refractivity contribution in [1.29, 1.82) is 0 Å². The minimum Gasteiger partial charge on any atom is -0.368 e. The van der Waals surface area contributed by atoms with Crippen LogP contribution in [-0.4, -0.2) is 29.7 Å². The highest BCUT2D eigenvalue weighted by atomic mass is 32.1. The maximum absolute atomic E-state index is 11.9. The SMILES string of the molecule is CC1(C)C[C@H](NCC(=O)NCc2cccs2)C(C)(C)O1. The number of nitrogens with one attached hydrogen (secondary N) is 2. The van der Waals surface area contributed by atoms with Crippen LogP contribution in [-0.2, 0) is 16.1 Å². The molecule has 2 heterocycles. The van der Waals surface area contributed by atoms with Crippen molar-refractivity contribution in [3.63, 3.8) is 0 Å². The highest BCUT2D eigenvalue weighted by Gasteiger charge is 2.45. The molecule has 1 aromatic rings. The largest absolute Gasteiger partial charge is 0.368 e. The van der Waals surface area contributed by atoms with E-state index in [9.17, 15) is 4.79 Å². The van der Waals surface area contributed by atoms with Crippen molar-refractivity contribution >= 4 is 17.2 Å². The molecule has 1 aliphatic rings. The summed E-state index contributed by atoms with van der Waals surface area (Å²) in [4.78, 5) is 13.0. The van der Waals surface area contributed by atoms with E-state index in [-0.39, 0.29) is 23.2 Å². The number of carbonyl (C=O) groups is 1. The molecule has 0 spiro atoms. The number of rotatable bonds is 5. The van der Waals surface area contributed by atoms with Crippen molar-refractivity contribution in [3.8, 4) is 0 Å². The Balaban J connectivity index is 1.76. The van der Waals surface area contributed by atoms with Gasteiger partial charge in [-0.2, -0.15) is 0 Å². The first-order chi connectivity index (χ1) is 9.28. The van der Waals surface area contributed by atoms with Crippen molar-refractivity contribution in [1.82, 2.24) is 10.6 Å². The number of hydrogen-bond acceptors (Lipinski definition) is 4. The van der Waals surface area contributed by atoms with Crippen LogP contribution in [0.3, 0.4) is 0 Å². The second-order valence-corrected chi connectivity index (χ2v) is 7.49. The predicted octanol–water partition coefficient (Wildman–Crippen LogP) is 2.30. The van der Waals surface area contributed by atoms with E-state index in [0.717, 1.165) is 6.42 Å². The van der Waals surface area contributed by atoms with Gasteiger partial charge in [0, 0.05) is 10.9 Å². The third-order valence-electron chi connectivity index (χ3n) is 3.62. The zero-order chi connectivity index (χ0) is 14.8. The van der Waals surface area contributed by atoms with Gasteiger partial charge < -0.3 is 15.4 Å². The molecule has 1 fully saturated rings. The molecule has 2 N–H and O–H groups in total. The summed E-state index contributed by atoms with van der Waals surface area (Å²) in [5.74, 6) is 0.0268. The lowest BCUT2D eigenvalue weighted by molar-refractivity contribution is -0.120. The minimum atomic E-state index is -0.239. The van der Waals surface area contributed by atoms with Crippen molar-refractivity contribution in [3.05, 3.63) is 22.4 Å². The second-order valence-electron chi connectivity index (χ2n) is 6.46. The molecule has 1 amide bonds. The van der Waals surface area contributed by atoms with E-state index in [1.54, 1.807) is 11.3 Å². The molecule has 0 aromatic carbocycles. The fourth-order valence-electron chi connectivity index (χ4n) is 2.76. The van der Waals surface area contributed by atoms with E-state index >= 15 is 0 Å². The topological polar surface area (TPSA) is 50.4 Å². The molecule has 0 saturated carbocycles. The number of thiophene rings is 1. The molecule has 20 heavy (non-hydrogen) atoms. The highest BCUT2D eigenvalue weighted by Crippen LogP contribution is 2.37. The summed E-state index contributed by atoms with van der Waals surface area (Å²) < 4.78 is 6.01. The van der Waals surface area contributed by atoms with Crippen LogP contribution in [0.5, 0.6) is 0 Å². The summed E-state index contributed by atoms with van der Waals surface area (Å²) in [7, 11) is 0. The summed E-state index contributed by atoms with van der Waals surface area (Å²) >= 11 is 1.65. The van der Waals surface area contributed by atoms with Crippen LogP contribution >= 0.6 is 11.3 Å². The standard InChI is InChI=1S/C15H24N2O2S/c1-14(2)8-12(15(3,4)19-14)16-10-13(18)17-9-11-6-5-7-20-11/h5-7,12,16H,8-10H2,1-4H3,(H,17,18)/t12-/m0/s1. The van der Waals surface area contributed by atoms with Gasteiger partial charge in [0.2, 0.25) is 5.91 Å². The van der Waals surface area contributed by atoms with Crippen molar-refractivity contribution in [2.45, 2.75) is 57.9 Å². The first-order valence-electron chi connectivity index (χ1n) is 7.01. The van der Waals surface area contributed by atoms with Gasteiger partial charge in [0.25, 0.3) is 0 Å². The van der Waals surface area contributed by atoms with E-state index < -0.39 is 0 Å². The zero-order valence-corrected chi connectivity index (χ0v) is 13.5. The molecular weight excluding hydrogens is 272 g/mol. The molecule has 1 saturated heterocycles. The van der Waals surface area contributed by atoms with E-state index in [4.69, 9.17) is 4.74 Å². The Hall–Kier alpha value is -0.910. The molecule has 4 nitrogen and oxygen atoms in total. The summed E-state index contributed by atoms with van der Waals surface area (Å²) in [6.45, 7) is 9.26. The third-order valence-corrected chi connectivity index (χ3v) is 4.50. The van der Waals surface area contributed by atoms with Gasteiger partial charge in [0.05, 0.1) is 24.3 Å². The van der Waals surface area contributed by atoms with Gasteiger partial charge in [-0.15, -0.1) is 11.3 Å².